The van der Waals surface area contributed by atoms with Crippen LogP contribution in [-0.4, -0.2) is 0 Å². The number of nitriles is 1. The summed E-state index contributed by atoms with van der Waals surface area (Å²) in [6.07, 6.45) is 26.2. The number of halogens is 1. The van der Waals surface area contributed by atoms with E-state index in [1.165, 1.54) is 109 Å². The quantitative estimate of drug-likeness (QED) is 0.241. The highest BCUT2D eigenvalue weighted by molar-refractivity contribution is 5.11. The van der Waals surface area contributed by atoms with Crippen LogP contribution in [-0.2, 0) is 0 Å². The molecule has 0 aromatic heterocycles. The molecule has 1 nitrogen and oxygen atoms in total. The van der Waals surface area contributed by atoms with Crippen LogP contribution in [0.1, 0.15) is 122 Å². The van der Waals surface area contributed by atoms with Gasteiger partial charge in [0.1, 0.15) is 6.07 Å². The summed E-state index contributed by atoms with van der Waals surface area (Å²) < 4.78 is 12.9. The van der Waals surface area contributed by atoms with Crippen molar-refractivity contribution in [1.29, 1.82) is 5.26 Å². The molecule has 160 valence electrons. The minimum Gasteiger partial charge on any atom is -0.195 e. The molecule has 0 aromatic rings. The van der Waals surface area contributed by atoms with Gasteiger partial charge in [-0.05, 0) is 42.6 Å². The van der Waals surface area contributed by atoms with E-state index in [0.29, 0.717) is 0 Å². The van der Waals surface area contributed by atoms with Crippen LogP contribution in [0.3, 0.4) is 0 Å². The first-order valence-corrected chi connectivity index (χ1v) is 12.5. The van der Waals surface area contributed by atoms with Gasteiger partial charge in [-0.1, -0.05) is 110 Å². The van der Waals surface area contributed by atoms with Crippen molar-refractivity contribution in [3.63, 3.8) is 0 Å². The molecule has 2 fully saturated rings. The number of rotatable bonds is 12. The number of nitrogens with zero attached hydrogens (tertiary/aromatic N) is 1. The van der Waals surface area contributed by atoms with Gasteiger partial charge in [0.15, 0.2) is 5.83 Å². The highest BCUT2D eigenvalue weighted by Crippen LogP contribution is 2.38. The molecule has 0 aliphatic heterocycles. The molecular weight excluding hydrogens is 345 g/mol. The number of hydrogen-bond acceptors (Lipinski definition) is 1. The first-order valence-electron chi connectivity index (χ1n) is 12.5. The highest BCUT2D eigenvalue weighted by Gasteiger charge is 2.24. The third-order valence-corrected chi connectivity index (χ3v) is 7.64. The van der Waals surface area contributed by atoms with Gasteiger partial charge < -0.3 is 0 Å². The van der Waals surface area contributed by atoms with Crippen molar-refractivity contribution in [2.75, 3.05) is 0 Å². The average molecular weight is 390 g/mol. The third kappa shape index (κ3) is 9.58. The summed E-state index contributed by atoms with van der Waals surface area (Å²) in [6, 6.07) is 1.57. The van der Waals surface area contributed by atoms with Gasteiger partial charge in [0.2, 0.25) is 0 Å². The predicted octanol–water partition coefficient (Wildman–Crippen LogP) is 8.90. The lowest BCUT2D eigenvalue weighted by Gasteiger charge is -2.32. The molecule has 2 aliphatic carbocycles. The molecule has 0 aromatic carbocycles. The van der Waals surface area contributed by atoms with Gasteiger partial charge in [-0.15, -0.1) is 0 Å². The maximum Gasteiger partial charge on any atom is 0.196 e. The van der Waals surface area contributed by atoms with E-state index >= 15 is 0 Å². The smallest absolute Gasteiger partial charge is 0.195 e. The molecular formula is C26H44FN. The third-order valence-electron chi connectivity index (χ3n) is 7.64. The first-order chi connectivity index (χ1) is 13.7. The van der Waals surface area contributed by atoms with Crippen LogP contribution in [0.25, 0.3) is 0 Å². The van der Waals surface area contributed by atoms with Crippen LogP contribution in [0.15, 0.2) is 11.9 Å². The van der Waals surface area contributed by atoms with Crippen molar-refractivity contribution in [3.05, 3.63) is 11.9 Å². The molecule has 0 bridgehead atoms. The summed E-state index contributed by atoms with van der Waals surface area (Å²) in [6.45, 7) is 2.30. The van der Waals surface area contributed by atoms with E-state index in [-0.39, 0.29) is 0 Å². The maximum absolute atomic E-state index is 12.9. The van der Waals surface area contributed by atoms with Crippen LogP contribution in [0.2, 0.25) is 0 Å². The molecule has 0 atom stereocenters. The first kappa shape index (κ1) is 23.4. The molecule has 0 unspecified atom stereocenters. The van der Waals surface area contributed by atoms with Crippen LogP contribution >= 0.6 is 0 Å². The zero-order valence-electron chi connectivity index (χ0n) is 18.4. The van der Waals surface area contributed by atoms with E-state index in [1.807, 2.05) is 0 Å². The number of allylic oxidation sites excluding steroid dienone is 2. The Bertz CT molecular complexity index is 461. The van der Waals surface area contributed by atoms with Gasteiger partial charge in [-0.2, -0.15) is 9.65 Å². The summed E-state index contributed by atoms with van der Waals surface area (Å²) in [5, 5.41) is 8.46. The van der Waals surface area contributed by atoms with Crippen molar-refractivity contribution in [3.8, 4) is 6.07 Å². The minimum absolute atomic E-state index is 0.611. The van der Waals surface area contributed by atoms with Gasteiger partial charge in [0.25, 0.3) is 0 Å². The standard InChI is InChI=1S/C26H44FN/c1-2-3-4-5-6-8-22-11-15-24(16-12-22)19-20-25-17-13-23(14-18-25)9-7-10-26(27)21-28/h10,22-25H,2-9,11-20H2,1H3/t22-,23?,24-,25?. The molecule has 2 rings (SSSR count). The van der Waals surface area contributed by atoms with E-state index in [2.05, 4.69) is 6.92 Å². The zero-order chi connectivity index (χ0) is 20.0. The summed E-state index contributed by atoms with van der Waals surface area (Å²) in [5.74, 6) is 3.13. The van der Waals surface area contributed by atoms with E-state index in [1.54, 1.807) is 6.07 Å². The van der Waals surface area contributed by atoms with Gasteiger partial charge in [-0.3, -0.25) is 0 Å². The molecule has 0 N–H and O–H groups in total. The summed E-state index contributed by atoms with van der Waals surface area (Å²) in [4.78, 5) is 0. The normalized spacial score (nSPS) is 28.8. The summed E-state index contributed by atoms with van der Waals surface area (Å²) in [7, 11) is 0. The summed E-state index contributed by atoms with van der Waals surface area (Å²) >= 11 is 0. The van der Waals surface area contributed by atoms with Crippen molar-refractivity contribution < 1.29 is 4.39 Å². The van der Waals surface area contributed by atoms with Gasteiger partial charge in [-0.25, -0.2) is 0 Å². The van der Waals surface area contributed by atoms with Crippen LogP contribution in [0.5, 0.6) is 0 Å². The Hall–Kier alpha value is -0.840. The molecule has 28 heavy (non-hydrogen) atoms. The highest BCUT2D eigenvalue weighted by atomic mass is 19.1. The Morgan fingerprint density at radius 2 is 1.21 bits per heavy atom. The molecule has 2 aliphatic rings. The SMILES string of the molecule is CCCCCCC[C@H]1CC[C@H](CCC2CCC(CCC=C(F)C#N)CC2)CC1. The van der Waals surface area contributed by atoms with Crippen molar-refractivity contribution in [2.24, 2.45) is 23.7 Å². The largest absolute Gasteiger partial charge is 0.196 e. The predicted molar refractivity (Wildman–Crippen MR) is 118 cm³/mol. The fourth-order valence-corrected chi connectivity index (χ4v) is 5.62. The van der Waals surface area contributed by atoms with E-state index in [9.17, 15) is 4.39 Å². The Kier molecular flexibility index (Phi) is 11.9. The lowest BCUT2D eigenvalue weighted by molar-refractivity contribution is 0.208. The Balaban J connectivity index is 1.49. The molecule has 0 radical (unpaired) electrons. The molecule has 0 saturated heterocycles. The van der Waals surface area contributed by atoms with Crippen LogP contribution in [0, 0.1) is 35.0 Å². The fourth-order valence-electron chi connectivity index (χ4n) is 5.62. The van der Waals surface area contributed by atoms with Crippen molar-refractivity contribution in [2.45, 2.75) is 122 Å². The van der Waals surface area contributed by atoms with Crippen LogP contribution in [0.4, 0.5) is 4.39 Å². The van der Waals surface area contributed by atoms with E-state index in [4.69, 9.17) is 5.26 Å². The van der Waals surface area contributed by atoms with Gasteiger partial charge in [0, 0.05) is 0 Å². The second kappa shape index (κ2) is 14.2. The summed E-state index contributed by atoms with van der Waals surface area (Å²) in [5.41, 5.74) is 0. The monoisotopic (exact) mass is 389 g/mol. The number of hydrogen-bond donors (Lipinski definition) is 0. The van der Waals surface area contributed by atoms with E-state index in [0.717, 1.165) is 36.5 Å². The zero-order valence-corrected chi connectivity index (χ0v) is 18.4. The van der Waals surface area contributed by atoms with Crippen molar-refractivity contribution >= 4 is 0 Å². The fraction of sp³-hybridized carbons (Fsp3) is 0.885. The van der Waals surface area contributed by atoms with E-state index < -0.39 is 5.83 Å². The lowest BCUT2D eigenvalue weighted by atomic mass is 9.74. The lowest BCUT2D eigenvalue weighted by Crippen LogP contribution is -2.18. The van der Waals surface area contributed by atoms with Crippen molar-refractivity contribution in [1.82, 2.24) is 0 Å². The number of unbranched alkanes of at least 4 members (excludes halogenated alkanes) is 4. The Morgan fingerprint density at radius 3 is 1.71 bits per heavy atom. The molecule has 0 amide bonds. The molecule has 0 heterocycles. The second-order valence-corrected chi connectivity index (χ2v) is 9.79. The Labute approximate surface area is 174 Å². The second-order valence-electron chi connectivity index (χ2n) is 9.79. The molecule has 0 spiro atoms. The minimum atomic E-state index is -0.611. The van der Waals surface area contributed by atoms with Gasteiger partial charge in [0.05, 0.1) is 0 Å². The molecule has 2 heteroatoms. The van der Waals surface area contributed by atoms with Crippen LogP contribution < -0.4 is 0 Å². The maximum atomic E-state index is 12.9. The van der Waals surface area contributed by atoms with Gasteiger partial charge >= 0.3 is 0 Å². The Morgan fingerprint density at radius 1 is 0.750 bits per heavy atom. The average Bonchev–Trinajstić information content (AvgIpc) is 2.73. The topological polar surface area (TPSA) is 23.8 Å². The molecule has 2 saturated carbocycles.